The Bertz CT molecular complexity index is 979. The van der Waals surface area contributed by atoms with Crippen molar-refractivity contribution in [1.29, 1.82) is 0 Å². The topological polar surface area (TPSA) is 39.4 Å². The lowest BCUT2D eigenvalue weighted by Crippen LogP contribution is -1.97. The van der Waals surface area contributed by atoms with Gasteiger partial charge in [-0.1, -0.05) is 66.2 Å². The third-order valence-electron chi connectivity index (χ3n) is 3.63. The Labute approximate surface area is 131 Å². The molecule has 0 saturated heterocycles. The molecule has 0 aliphatic heterocycles. The highest BCUT2D eigenvalue weighted by Crippen LogP contribution is 2.34. The van der Waals surface area contributed by atoms with Gasteiger partial charge >= 0.3 is 0 Å². The number of aromatic nitrogens is 3. The van der Waals surface area contributed by atoms with E-state index in [1.165, 1.54) is 0 Å². The highest BCUT2D eigenvalue weighted by atomic mass is 35.5. The molecule has 4 aromatic rings. The molecule has 0 radical (unpaired) electrons. The molecule has 0 saturated carbocycles. The lowest BCUT2D eigenvalue weighted by molar-refractivity contribution is 0.389. The number of fused-ring (bicyclic) bond motifs is 3. The van der Waals surface area contributed by atoms with Crippen molar-refractivity contribution in [1.82, 2.24) is 14.6 Å². The van der Waals surface area contributed by atoms with Gasteiger partial charge in [0.25, 0.3) is 0 Å². The molecule has 0 N–H and O–H groups in total. The van der Waals surface area contributed by atoms with Crippen LogP contribution in [0.2, 0.25) is 5.15 Å². The number of halogens is 1. The molecule has 0 fully saturated rings. The summed E-state index contributed by atoms with van der Waals surface area (Å²) >= 11 is 6.30. The van der Waals surface area contributed by atoms with E-state index < -0.39 is 0 Å². The zero-order valence-electron chi connectivity index (χ0n) is 11.8. The summed E-state index contributed by atoms with van der Waals surface area (Å²) in [7, 11) is 1.61. The van der Waals surface area contributed by atoms with Gasteiger partial charge in [-0.2, -0.15) is 9.61 Å². The molecule has 0 amide bonds. The summed E-state index contributed by atoms with van der Waals surface area (Å²) in [6, 6.07) is 17.7. The van der Waals surface area contributed by atoms with Gasteiger partial charge in [-0.05, 0) is 0 Å². The minimum atomic E-state index is 0.429. The van der Waals surface area contributed by atoms with E-state index in [9.17, 15) is 0 Å². The van der Waals surface area contributed by atoms with Crippen molar-refractivity contribution >= 4 is 28.0 Å². The first kappa shape index (κ1) is 13.1. The molecule has 0 atom stereocenters. The quantitative estimate of drug-likeness (QED) is 0.557. The molecule has 2 heterocycles. The SMILES string of the molecule is COc1c(-c2ccccc2)nc2c3ccccc3c(Cl)nn12. The minimum Gasteiger partial charge on any atom is -0.479 e. The van der Waals surface area contributed by atoms with E-state index in [0.29, 0.717) is 11.0 Å². The Kier molecular flexibility index (Phi) is 2.98. The molecule has 4 nitrogen and oxygen atoms in total. The Morgan fingerprint density at radius 2 is 1.64 bits per heavy atom. The van der Waals surface area contributed by atoms with Crippen molar-refractivity contribution in [3.63, 3.8) is 0 Å². The molecule has 2 aromatic heterocycles. The maximum atomic E-state index is 6.30. The summed E-state index contributed by atoms with van der Waals surface area (Å²) in [6.07, 6.45) is 0. The number of hydrogen-bond acceptors (Lipinski definition) is 3. The fraction of sp³-hybridized carbons (Fsp3) is 0.0588. The zero-order valence-corrected chi connectivity index (χ0v) is 12.6. The number of hydrogen-bond donors (Lipinski definition) is 0. The lowest BCUT2D eigenvalue weighted by Gasteiger charge is -2.04. The van der Waals surface area contributed by atoms with Crippen LogP contribution in [0, 0.1) is 0 Å². The molecule has 108 valence electrons. The first-order valence-electron chi connectivity index (χ1n) is 6.86. The maximum absolute atomic E-state index is 6.30. The Morgan fingerprint density at radius 1 is 0.955 bits per heavy atom. The van der Waals surface area contributed by atoms with Crippen molar-refractivity contribution in [3.8, 4) is 17.1 Å². The summed E-state index contributed by atoms with van der Waals surface area (Å²) in [4.78, 5) is 4.74. The highest BCUT2D eigenvalue weighted by Gasteiger charge is 2.18. The number of imidazole rings is 1. The van der Waals surface area contributed by atoms with Crippen molar-refractivity contribution in [2.24, 2.45) is 0 Å². The molecular formula is C17H12ClN3O. The van der Waals surface area contributed by atoms with Crippen LogP contribution in [0.15, 0.2) is 54.6 Å². The van der Waals surface area contributed by atoms with Gasteiger partial charge in [-0.15, -0.1) is 0 Å². The molecule has 5 heteroatoms. The number of rotatable bonds is 2. The standard InChI is InChI=1S/C17H12ClN3O/c1-22-17-14(11-7-3-2-4-8-11)19-16-13-10-6-5-9-12(13)15(18)20-21(16)17/h2-10H,1H3. The van der Waals surface area contributed by atoms with Gasteiger partial charge in [0.05, 0.1) is 7.11 Å². The maximum Gasteiger partial charge on any atom is 0.243 e. The van der Waals surface area contributed by atoms with Crippen LogP contribution >= 0.6 is 11.6 Å². The average Bonchev–Trinajstić information content (AvgIpc) is 2.94. The van der Waals surface area contributed by atoms with Crippen LogP contribution in [0.1, 0.15) is 0 Å². The van der Waals surface area contributed by atoms with Gasteiger partial charge in [0.2, 0.25) is 5.88 Å². The first-order chi connectivity index (χ1) is 10.8. The van der Waals surface area contributed by atoms with E-state index in [-0.39, 0.29) is 0 Å². The van der Waals surface area contributed by atoms with Gasteiger partial charge in [-0.3, -0.25) is 0 Å². The van der Waals surface area contributed by atoms with Crippen LogP contribution in [0.25, 0.3) is 27.7 Å². The second-order valence-corrected chi connectivity index (χ2v) is 5.27. The van der Waals surface area contributed by atoms with E-state index in [2.05, 4.69) is 5.10 Å². The Hall–Kier alpha value is -2.59. The fourth-order valence-electron chi connectivity index (χ4n) is 2.63. The summed E-state index contributed by atoms with van der Waals surface area (Å²) in [6.45, 7) is 0. The van der Waals surface area contributed by atoms with Crippen molar-refractivity contribution in [2.75, 3.05) is 7.11 Å². The molecule has 0 spiro atoms. The second-order valence-electron chi connectivity index (χ2n) is 4.91. The molecular weight excluding hydrogens is 298 g/mol. The highest BCUT2D eigenvalue weighted by molar-refractivity contribution is 6.34. The summed E-state index contributed by atoms with van der Waals surface area (Å²) in [5.74, 6) is 0.578. The van der Waals surface area contributed by atoms with Crippen molar-refractivity contribution < 1.29 is 4.74 Å². The van der Waals surface area contributed by atoms with Gasteiger partial charge in [0, 0.05) is 16.3 Å². The van der Waals surface area contributed by atoms with Crippen molar-refractivity contribution in [3.05, 3.63) is 59.8 Å². The lowest BCUT2D eigenvalue weighted by atomic mass is 10.2. The molecule has 0 aliphatic rings. The van der Waals surface area contributed by atoms with Crippen LogP contribution in [0.3, 0.4) is 0 Å². The summed E-state index contributed by atoms with van der Waals surface area (Å²) in [5, 5.41) is 6.67. The van der Waals surface area contributed by atoms with Gasteiger partial charge in [0.1, 0.15) is 5.69 Å². The third kappa shape index (κ3) is 1.84. The predicted octanol–water partition coefficient (Wildman–Crippen LogP) is 4.21. The van der Waals surface area contributed by atoms with E-state index in [0.717, 1.165) is 27.7 Å². The smallest absolute Gasteiger partial charge is 0.243 e. The minimum absolute atomic E-state index is 0.429. The number of nitrogens with zero attached hydrogens (tertiary/aromatic N) is 3. The van der Waals surface area contributed by atoms with Crippen LogP contribution < -0.4 is 4.74 Å². The summed E-state index contributed by atoms with van der Waals surface area (Å²) in [5.41, 5.74) is 2.46. The molecule has 0 unspecified atom stereocenters. The number of benzene rings is 2. The monoisotopic (exact) mass is 309 g/mol. The number of methoxy groups -OCH3 is 1. The first-order valence-corrected chi connectivity index (χ1v) is 7.24. The van der Waals surface area contributed by atoms with Crippen LogP contribution in [-0.2, 0) is 0 Å². The van der Waals surface area contributed by atoms with Crippen LogP contribution in [0.5, 0.6) is 5.88 Å². The summed E-state index contributed by atoms with van der Waals surface area (Å²) < 4.78 is 7.20. The predicted molar refractivity (Wildman–Crippen MR) is 87.5 cm³/mol. The molecule has 0 bridgehead atoms. The van der Waals surface area contributed by atoms with Gasteiger partial charge in [-0.25, -0.2) is 4.98 Å². The zero-order chi connectivity index (χ0) is 15.1. The van der Waals surface area contributed by atoms with Gasteiger partial charge < -0.3 is 4.74 Å². The molecule has 0 aliphatic carbocycles. The van der Waals surface area contributed by atoms with Crippen molar-refractivity contribution in [2.45, 2.75) is 0 Å². The third-order valence-corrected chi connectivity index (χ3v) is 3.91. The van der Waals surface area contributed by atoms with E-state index >= 15 is 0 Å². The Morgan fingerprint density at radius 3 is 2.36 bits per heavy atom. The second kappa shape index (κ2) is 5.00. The van der Waals surface area contributed by atoms with Crippen LogP contribution in [-0.4, -0.2) is 21.7 Å². The van der Waals surface area contributed by atoms with E-state index in [1.54, 1.807) is 11.6 Å². The van der Waals surface area contributed by atoms with E-state index in [1.807, 2.05) is 54.6 Å². The molecule has 2 aromatic carbocycles. The van der Waals surface area contributed by atoms with E-state index in [4.69, 9.17) is 21.3 Å². The Balaban J connectivity index is 2.14. The molecule has 4 rings (SSSR count). The fourth-order valence-corrected chi connectivity index (χ4v) is 2.87. The average molecular weight is 310 g/mol. The number of ether oxygens (including phenoxy) is 1. The largest absolute Gasteiger partial charge is 0.479 e. The molecule has 22 heavy (non-hydrogen) atoms. The normalized spacial score (nSPS) is 11.2. The van der Waals surface area contributed by atoms with Crippen LogP contribution in [0.4, 0.5) is 0 Å². The van der Waals surface area contributed by atoms with Gasteiger partial charge in [0.15, 0.2) is 10.8 Å².